The maximum Gasteiger partial charge on any atom is 0.510 e. The molecular formula is C18H23NO10S2. The van der Waals surface area contributed by atoms with Gasteiger partial charge in [0.2, 0.25) is 0 Å². The van der Waals surface area contributed by atoms with Gasteiger partial charge in [-0.2, -0.15) is 0 Å². The Kier molecular flexibility index (Phi) is 12.9. The van der Waals surface area contributed by atoms with E-state index in [0.29, 0.717) is 17.9 Å². The first-order valence-corrected chi connectivity index (χ1v) is 11.7. The van der Waals surface area contributed by atoms with Crippen molar-refractivity contribution >= 4 is 39.7 Å². The van der Waals surface area contributed by atoms with Crippen molar-refractivity contribution in [2.45, 2.75) is 33.0 Å². The van der Waals surface area contributed by atoms with Crippen molar-refractivity contribution in [2.24, 2.45) is 0 Å². The molecule has 0 heterocycles. The van der Waals surface area contributed by atoms with Crippen LogP contribution >= 0.6 is 21.6 Å². The molecule has 172 valence electrons. The summed E-state index contributed by atoms with van der Waals surface area (Å²) in [4.78, 5) is 49.3. The Balaban J connectivity index is 2.18. The SMILES string of the molecule is CCCC(OC(=O)OCCSSCCOC(=O)c1ccccc1OC(C)=O)O[N+](=O)[O-]. The minimum Gasteiger partial charge on any atom is -0.461 e. The van der Waals surface area contributed by atoms with Crippen LogP contribution in [0.5, 0.6) is 5.75 Å². The molecule has 0 radical (unpaired) electrons. The van der Waals surface area contributed by atoms with Crippen molar-refractivity contribution in [1.29, 1.82) is 0 Å². The van der Waals surface area contributed by atoms with E-state index in [9.17, 15) is 24.5 Å². The lowest BCUT2D eigenvalue weighted by Gasteiger charge is -2.14. The number of para-hydroxylation sites is 1. The summed E-state index contributed by atoms with van der Waals surface area (Å²) in [6, 6.07) is 6.27. The zero-order valence-corrected chi connectivity index (χ0v) is 18.6. The van der Waals surface area contributed by atoms with Crippen molar-refractivity contribution in [3.8, 4) is 5.75 Å². The Morgan fingerprint density at radius 1 is 1.10 bits per heavy atom. The number of carbonyl (C=O) groups is 3. The van der Waals surface area contributed by atoms with Crippen LogP contribution in [0.15, 0.2) is 24.3 Å². The third kappa shape index (κ3) is 11.9. The molecule has 31 heavy (non-hydrogen) atoms. The Morgan fingerprint density at radius 3 is 2.35 bits per heavy atom. The highest BCUT2D eigenvalue weighted by molar-refractivity contribution is 8.76. The van der Waals surface area contributed by atoms with E-state index in [4.69, 9.17) is 18.9 Å². The molecule has 0 fully saturated rings. The monoisotopic (exact) mass is 477 g/mol. The number of nitrogens with zero attached hydrogens (tertiary/aromatic N) is 1. The van der Waals surface area contributed by atoms with Crippen LogP contribution in [0.25, 0.3) is 0 Å². The van der Waals surface area contributed by atoms with Crippen LogP contribution in [0.2, 0.25) is 0 Å². The number of hydrogen-bond acceptors (Lipinski definition) is 12. The molecule has 1 unspecified atom stereocenters. The summed E-state index contributed by atoms with van der Waals surface area (Å²) in [7, 11) is 2.77. The lowest BCUT2D eigenvalue weighted by atomic mass is 10.2. The van der Waals surface area contributed by atoms with Crippen LogP contribution in [-0.4, -0.2) is 54.2 Å². The second-order valence-electron chi connectivity index (χ2n) is 5.63. The first kappa shape index (κ1) is 26.4. The Labute approximate surface area is 186 Å². The Hall–Kier alpha value is -2.67. The summed E-state index contributed by atoms with van der Waals surface area (Å²) < 4.78 is 19.7. The summed E-state index contributed by atoms with van der Waals surface area (Å²) in [5.41, 5.74) is 0.157. The summed E-state index contributed by atoms with van der Waals surface area (Å²) in [5, 5.41) is 9.30. The van der Waals surface area contributed by atoms with Gasteiger partial charge in [-0.15, -0.1) is 10.1 Å². The van der Waals surface area contributed by atoms with Crippen molar-refractivity contribution in [3.63, 3.8) is 0 Å². The third-order valence-corrected chi connectivity index (χ3v) is 5.52. The molecule has 0 aliphatic carbocycles. The standard InChI is InChI=1S/C18H23NO10S2/c1-3-6-16(29-19(23)24)28-18(22)26-10-12-31-30-11-9-25-17(21)14-7-4-5-8-15(14)27-13(2)20/h4-5,7-8,16H,3,6,9-12H2,1-2H3. The van der Waals surface area contributed by atoms with Crippen LogP contribution in [0.3, 0.4) is 0 Å². The number of esters is 2. The fourth-order valence-corrected chi connectivity index (χ4v) is 3.66. The molecule has 13 heteroatoms. The number of ether oxygens (including phenoxy) is 4. The molecule has 11 nitrogen and oxygen atoms in total. The summed E-state index contributed by atoms with van der Waals surface area (Å²) in [5.74, 6) is -0.101. The van der Waals surface area contributed by atoms with Gasteiger partial charge in [0.15, 0.2) is 0 Å². The number of benzene rings is 1. The van der Waals surface area contributed by atoms with Gasteiger partial charge in [0.1, 0.15) is 24.5 Å². The third-order valence-electron chi connectivity index (χ3n) is 3.19. The minimum absolute atomic E-state index is 0.0311. The quantitative estimate of drug-likeness (QED) is 0.0734. The Morgan fingerprint density at radius 2 is 1.74 bits per heavy atom. The zero-order chi connectivity index (χ0) is 23.1. The molecule has 0 spiro atoms. The molecule has 1 aromatic carbocycles. The molecule has 0 saturated heterocycles. The molecule has 0 N–H and O–H groups in total. The van der Waals surface area contributed by atoms with E-state index in [1.807, 2.05) is 0 Å². The summed E-state index contributed by atoms with van der Waals surface area (Å²) in [6.07, 6.45) is -1.65. The lowest BCUT2D eigenvalue weighted by Crippen LogP contribution is -2.25. The second kappa shape index (κ2) is 15.2. The van der Waals surface area contributed by atoms with Crippen molar-refractivity contribution in [1.82, 2.24) is 0 Å². The largest absolute Gasteiger partial charge is 0.510 e. The molecule has 0 aromatic heterocycles. The van der Waals surface area contributed by atoms with Gasteiger partial charge in [0, 0.05) is 24.9 Å². The van der Waals surface area contributed by atoms with Gasteiger partial charge in [0.25, 0.3) is 11.4 Å². The van der Waals surface area contributed by atoms with E-state index in [1.54, 1.807) is 19.1 Å². The molecule has 0 aliphatic heterocycles. The fraction of sp³-hybridized carbons (Fsp3) is 0.500. The van der Waals surface area contributed by atoms with Crippen LogP contribution in [-0.2, 0) is 23.8 Å². The van der Waals surface area contributed by atoms with Crippen LogP contribution in [0.4, 0.5) is 4.79 Å². The summed E-state index contributed by atoms with van der Waals surface area (Å²) >= 11 is 0. The van der Waals surface area contributed by atoms with Gasteiger partial charge in [-0.3, -0.25) is 9.63 Å². The zero-order valence-electron chi connectivity index (χ0n) is 17.0. The van der Waals surface area contributed by atoms with E-state index in [2.05, 4.69) is 4.84 Å². The maximum atomic E-state index is 12.1. The molecule has 0 aliphatic rings. The molecule has 0 amide bonds. The topological polar surface area (TPSA) is 140 Å². The average Bonchev–Trinajstić information content (AvgIpc) is 2.69. The highest BCUT2D eigenvalue weighted by Crippen LogP contribution is 2.22. The normalized spacial score (nSPS) is 11.2. The molecule has 1 atom stereocenters. The minimum atomic E-state index is -1.30. The fourth-order valence-electron chi connectivity index (χ4n) is 2.01. The first-order chi connectivity index (χ1) is 14.8. The molecule has 0 saturated carbocycles. The van der Waals surface area contributed by atoms with E-state index >= 15 is 0 Å². The maximum absolute atomic E-state index is 12.1. The van der Waals surface area contributed by atoms with Gasteiger partial charge in [0.05, 0.1) is 0 Å². The smallest absolute Gasteiger partial charge is 0.461 e. The number of hydrogen-bond donors (Lipinski definition) is 0. The molecule has 1 rings (SSSR count). The molecule has 0 bridgehead atoms. The predicted octanol–water partition coefficient (Wildman–Crippen LogP) is 3.64. The van der Waals surface area contributed by atoms with Gasteiger partial charge in [-0.25, -0.2) is 9.59 Å². The average molecular weight is 478 g/mol. The van der Waals surface area contributed by atoms with Crippen LogP contribution in [0, 0.1) is 10.1 Å². The van der Waals surface area contributed by atoms with E-state index in [1.165, 1.54) is 40.6 Å². The molecule has 1 aromatic rings. The van der Waals surface area contributed by atoms with Crippen molar-refractivity contribution < 1.29 is 43.3 Å². The van der Waals surface area contributed by atoms with Gasteiger partial charge < -0.3 is 18.9 Å². The summed E-state index contributed by atoms with van der Waals surface area (Å²) in [6.45, 7) is 3.16. The second-order valence-corrected chi connectivity index (χ2v) is 8.34. The first-order valence-electron chi connectivity index (χ1n) is 9.17. The van der Waals surface area contributed by atoms with Crippen LogP contribution in [0.1, 0.15) is 37.0 Å². The van der Waals surface area contributed by atoms with E-state index < -0.39 is 29.5 Å². The van der Waals surface area contributed by atoms with Crippen molar-refractivity contribution in [2.75, 3.05) is 24.7 Å². The van der Waals surface area contributed by atoms with E-state index in [0.717, 1.165) is 0 Å². The van der Waals surface area contributed by atoms with Gasteiger partial charge in [-0.1, -0.05) is 47.1 Å². The van der Waals surface area contributed by atoms with Crippen molar-refractivity contribution in [3.05, 3.63) is 39.9 Å². The molecular weight excluding hydrogens is 454 g/mol. The van der Waals surface area contributed by atoms with Gasteiger partial charge in [-0.05, 0) is 12.1 Å². The predicted molar refractivity (Wildman–Crippen MR) is 112 cm³/mol. The lowest BCUT2D eigenvalue weighted by molar-refractivity contribution is -0.779. The Bertz CT molecular complexity index is 746. The number of carbonyl (C=O) groups excluding carboxylic acids is 3. The number of rotatable bonds is 14. The van der Waals surface area contributed by atoms with E-state index in [-0.39, 0.29) is 30.9 Å². The van der Waals surface area contributed by atoms with Gasteiger partial charge >= 0.3 is 18.1 Å². The van der Waals surface area contributed by atoms with Crippen LogP contribution < -0.4 is 4.74 Å². The highest BCUT2D eigenvalue weighted by atomic mass is 33.1. The highest BCUT2D eigenvalue weighted by Gasteiger charge is 2.18.